The zero-order chi connectivity index (χ0) is 17.3. The summed E-state index contributed by atoms with van der Waals surface area (Å²) < 4.78 is 22.0. The Bertz CT molecular complexity index is 754. The maximum absolute atomic E-state index is 12.3. The largest absolute Gasteiger partial charge is 0.390 e. The predicted octanol–water partition coefficient (Wildman–Crippen LogP) is -0.707. The highest BCUT2D eigenvalue weighted by atomic mass is 31.1. The van der Waals surface area contributed by atoms with Crippen LogP contribution < -0.4 is 11.2 Å². The summed E-state index contributed by atoms with van der Waals surface area (Å²) in [7, 11) is -2.83. The first kappa shape index (κ1) is 17.6. The van der Waals surface area contributed by atoms with Gasteiger partial charge in [-0.2, -0.15) is 4.57 Å². The van der Waals surface area contributed by atoms with Crippen LogP contribution in [0.2, 0.25) is 0 Å². The molecule has 11 heteroatoms. The monoisotopic (exact) mass is 347 g/mol. The van der Waals surface area contributed by atoms with Crippen LogP contribution in [0.25, 0.3) is 0 Å². The van der Waals surface area contributed by atoms with E-state index in [1.807, 2.05) is 0 Å². The molecule has 10 nitrogen and oxygen atoms in total. The fourth-order valence-electron chi connectivity index (χ4n) is 2.35. The molecule has 1 aliphatic rings. The van der Waals surface area contributed by atoms with Crippen molar-refractivity contribution in [2.24, 2.45) is 0 Å². The van der Waals surface area contributed by atoms with Crippen molar-refractivity contribution >= 4 is 14.2 Å². The van der Waals surface area contributed by atoms with E-state index >= 15 is 0 Å². The van der Waals surface area contributed by atoms with Gasteiger partial charge in [0, 0.05) is 25.1 Å². The molecule has 0 bridgehead atoms. The standard InChI is InChI=1S/C12H16N2O8P/c1-6-4-13(12(18)14(7(2)15)11(6)17)10-3-8(16)9(22-10)5-21-23(19)20/h4,8-10,16H,3,5H2,1-2H3,(H,19,20)/t8-,9+,10+/m0/s1. The summed E-state index contributed by atoms with van der Waals surface area (Å²) in [4.78, 5) is 44.2. The third-order valence-corrected chi connectivity index (χ3v) is 3.83. The zero-order valence-corrected chi connectivity index (χ0v) is 13.3. The molecule has 2 heterocycles. The molecule has 0 saturated carbocycles. The molecular formula is C12H16N2O8P. The smallest absolute Gasteiger partial charge is 0.366 e. The van der Waals surface area contributed by atoms with Gasteiger partial charge in [-0.05, 0) is 6.92 Å². The fraction of sp³-hybridized carbons (Fsp3) is 0.583. The average Bonchev–Trinajstić information content (AvgIpc) is 2.81. The highest BCUT2D eigenvalue weighted by Crippen LogP contribution is 2.29. The number of carbonyl (C=O) groups is 1. The Morgan fingerprint density at radius 2 is 2.17 bits per heavy atom. The van der Waals surface area contributed by atoms with Crippen molar-refractivity contribution in [1.82, 2.24) is 9.13 Å². The number of hydrogen-bond donors (Lipinski definition) is 2. The summed E-state index contributed by atoms with van der Waals surface area (Å²) in [6.45, 7) is 2.20. The lowest BCUT2D eigenvalue weighted by molar-refractivity contribution is -0.0416. The van der Waals surface area contributed by atoms with Crippen LogP contribution in [-0.4, -0.2) is 43.9 Å². The molecule has 0 spiro atoms. The van der Waals surface area contributed by atoms with Gasteiger partial charge >= 0.3 is 13.9 Å². The Morgan fingerprint density at radius 3 is 2.74 bits per heavy atom. The molecule has 1 aromatic rings. The van der Waals surface area contributed by atoms with Crippen molar-refractivity contribution in [1.29, 1.82) is 0 Å². The molecule has 1 saturated heterocycles. The van der Waals surface area contributed by atoms with Gasteiger partial charge in [0.1, 0.15) is 12.3 Å². The summed E-state index contributed by atoms with van der Waals surface area (Å²) in [5, 5.41) is 9.89. The second-order valence-corrected chi connectivity index (χ2v) is 5.86. The summed E-state index contributed by atoms with van der Waals surface area (Å²) in [6, 6.07) is 0. The molecule has 127 valence electrons. The fourth-order valence-corrected chi connectivity index (χ4v) is 2.63. The van der Waals surface area contributed by atoms with E-state index in [2.05, 4.69) is 4.52 Å². The first-order valence-electron chi connectivity index (χ1n) is 6.70. The molecular weight excluding hydrogens is 331 g/mol. The third-order valence-electron chi connectivity index (χ3n) is 3.46. The molecule has 1 unspecified atom stereocenters. The van der Waals surface area contributed by atoms with Gasteiger partial charge in [0.05, 0.1) is 12.7 Å². The summed E-state index contributed by atoms with van der Waals surface area (Å²) >= 11 is 0. The number of nitrogens with zero attached hydrogens (tertiary/aromatic N) is 2. The van der Waals surface area contributed by atoms with Gasteiger partial charge in [-0.25, -0.2) is 9.36 Å². The van der Waals surface area contributed by atoms with Crippen molar-refractivity contribution < 1.29 is 28.6 Å². The van der Waals surface area contributed by atoms with Crippen LogP contribution in [-0.2, 0) is 13.8 Å². The maximum Gasteiger partial charge on any atom is 0.366 e. The third kappa shape index (κ3) is 3.62. The van der Waals surface area contributed by atoms with Crippen molar-refractivity contribution in [2.45, 2.75) is 38.7 Å². The molecule has 1 aromatic heterocycles. The highest BCUT2D eigenvalue weighted by molar-refractivity contribution is 7.32. The van der Waals surface area contributed by atoms with E-state index in [9.17, 15) is 24.1 Å². The van der Waals surface area contributed by atoms with E-state index in [4.69, 9.17) is 9.63 Å². The number of aromatic nitrogens is 2. The lowest BCUT2D eigenvalue weighted by Gasteiger charge is -2.17. The van der Waals surface area contributed by atoms with Crippen LogP contribution in [0.5, 0.6) is 0 Å². The van der Waals surface area contributed by atoms with Crippen LogP contribution in [0.3, 0.4) is 0 Å². The Morgan fingerprint density at radius 1 is 1.52 bits per heavy atom. The number of hydrogen-bond acceptors (Lipinski definition) is 7. The van der Waals surface area contributed by atoms with Crippen LogP contribution in [0.1, 0.15) is 29.9 Å². The van der Waals surface area contributed by atoms with Gasteiger partial charge in [0.25, 0.3) is 5.56 Å². The van der Waals surface area contributed by atoms with Gasteiger partial charge in [-0.15, -0.1) is 0 Å². The van der Waals surface area contributed by atoms with Gasteiger partial charge < -0.3 is 9.84 Å². The first-order chi connectivity index (χ1) is 10.7. The molecule has 0 aromatic carbocycles. The van der Waals surface area contributed by atoms with Crippen LogP contribution in [0.4, 0.5) is 0 Å². The van der Waals surface area contributed by atoms with Gasteiger partial charge in [0.15, 0.2) is 0 Å². The highest BCUT2D eigenvalue weighted by Gasteiger charge is 2.36. The molecule has 1 fully saturated rings. The molecule has 1 radical (unpaired) electrons. The molecule has 2 N–H and O–H groups in total. The predicted molar refractivity (Wildman–Crippen MR) is 76.3 cm³/mol. The van der Waals surface area contributed by atoms with Crippen LogP contribution in [0, 0.1) is 6.92 Å². The van der Waals surface area contributed by atoms with E-state index < -0.39 is 43.8 Å². The number of aryl methyl sites for hydroxylation is 1. The Balaban J connectivity index is 2.33. The second kappa shape index (κ2) is 6.81. The van der Waals surface area contributed by atoms with Crippen molar-refractivity contribution in [3.63, 3.8) is 0 Å². The normalized spacial score (nSPS) is 24.7. The second-order valence-electron chi connectivity index (χ2n) is 5.13. The Kier molecular flexibility index (Phi) is 5.23. The molecule has 0 amide bonds. The number of aliphatic hydroxyl groups excluding tert-OH is 1. The molecule has 0 aliphatic carbocycles. The van der Waals surface area contributed by atoms with E-state index in [0.717, 1.165) is 11.5 Å². The molecule has 2 rings (SSSR count). The minimum absolute atomic E-state index is 0.00565. The van der Waals surface area contributed by atoms with Gasteiger partial charge in [-0.3, -0.25) is 23.6 Å². The minimum Gasteiger partial charge on any atom is -0.390 e. The first-order valence-corrected chi connectivity index (χ1v) is 7.83. The number of rotatable bonds is 4. The van der Waals surface area contributed by atoms with E-state index in [1.165, 1.54) is 13.1 Å². The topological polar surface area (TPSA) is 137 Å². The number of carbonyl (C=O) groups excluding carboxylic acids is 1. The minimum atomic E-state index is -2.83. The van der Waals surface area contributed by atoms with Gasteiger partial charge in [-0.1, -0.05) is 0 Å². The van der Waals surface area contributed by atoms with Gasteiger partial charge in [0.2, 0.25) is 5.91 Å². The Labute approximate surface area is 130 Å². The van der Waals surface area contributed by atoms with Crippen molar-refractivity contribution in [3.8, 4) is 0 Å². The average molecular weight is 347 g/mol. The quantitative estimate of drug-likeness (QED) is 0.682. The van der Waals surface area contributed by atoms with E-state index in [0.29, 0.717) is 4.57 Å². The molecule has 23 heavy (non-hydrogen) atoms. The van der Waals surface area contributed by atoms with E-state index in [-0.39, 0.29) is 18.6 Å². The lowest BCUT2D eigenvalue weighted by Crippen LogP contribution is -2.44. The lowest BCUT2D eigenvalue weighted by atomic mass is 10.2. The number of aliphatic hydroxyl groups is 1. The number of ether oxygens (including phenoxy) is 1. The zero-order valence-electron chi connectivity index (χ0n) is 12.4. The van der Waals surface area contributed by atoms with Crippen LogP contribution >= 0.6 is 8.25 Å². The van der Waals surface area contributed by atoms with Crippen molar-refractivity contribution in [3.05, 3.63) is 32.6 Å². The summed E-state index contributed by atoms with van der Waals surface area (Å²) in [5.41, 5.74) is -1.43. The summed E-state index contributed by atoms with van der Waals surface area (Å²) in [6.07, 6.45) is -1.60. The Hall–Kier alpha value is -1.71. The molecule has 1 aliphatic heterocycles. The van der Waals surface area contributed by atoms with Crippen LogP contribution in [0.15, 0.2) is 15.8 Å². The molecule has 4 atom stereocenters. The van der Waals surface area contributed by atoms with Crippen molar-refractivity contribution in [2.75, 3.05) is 6.61 Å². The maximum atomic E-state index is 12.3. The van der Waals surface area contributed by atoms with E-state index in [1.54, 1.807) is 0 Å². The SMILES string of the molecule is CC(=O)n1c(=O)c(C)cn([C@H]2C[C@H](O)[C@@H](CO[P](=O)O)O2)c1=O. The summed E-state index contributed by atoms with van der Waals surface area (Å²) in [5.74, 6) is -0.729.